The zero-order valence-corrected chi connectivity index (χ0v) is 17.8. The van der Waals surface area contributed by atoms with Crippen LogP contribution in [0.3, 0.4) is 0 Å². The van der Waals surface area contributed by atoms with Gasteiger partial charge in [-0.05, 0) is 42.0 Å². The number of ether oxygens (including phenoxy) is 3. The largest absolute Gasteiger partial charge is 0.507 e. The molecule has 0 bridgehead atoms. The van der Waals surface area contributed by atoms with Crippen LogP contribution < -0.4 is 9.47 Å². The summed E-state index contributed by atoms with van der Waals surface area (Å²) < 4.78 is 15.6. The van der Waals surface area contributed by atoms with Crippen LogP contribution >= 0.6 is 0 Å². The van der Waals surface area contributed by atoms with E-state index < -0.39 is 17.7 Å². The molecule has 9 nitrogen and oxygen atoms in total. The van der Waals surface area contributed by atoms with Crippen LogP contribution in [0.15, 0.2) is 48.0 Å². The van der Waals surface area contributed by atoms with Crippen LogP contribution in [-0.2, 0) is 14.3 Å². The maximum atomic E-state index is 13.0. The average Bonchev–Trinajstić information content (AvgIpc) is 3.06. The van der Waals surface area contributed by atoms with Crippen molar-refractivity contribution in [2.24, 2.45) is 0 Å². The topological polar surface area (TPSA) is 126 Å². The Labute approximate surface area is 185 Å². The van der Waals surface area contributed by atoms with Crippen LogP contribution in [-0.4, -0.2) is 72.5 Å². The highest BCUT2D eigenvalue weighted by Gasteiger charge is 2.46. The van der Waals surface area contributed by atoms with Crippen LogP contribution in [0.2, 0.25) is 0 Å². The molecule has 1 saturated heterocycles. The second-order valence-electron chi connectivity index (χ2n) is 6.99. The SMILES string of the molecule is COc1ccc(C(O)=C2C(=O)C(=O)N(CCOCCO)C2c2ccc(O)c(OC)c2)cc1. The lowest BCUT2D eigenvalue weighted by molar-refractivity contribution is -0.140. The van der Waals surface area contributed by atoms with Crippen molar-refractivity contribution in [1.29, 1.82) is 0 Å². The molecule has 1 amide bonds. The summed E-state index contributed by atoms with van der Waals surface area (Å²) in [4.78, 5) is 27.1. The Bertz CT molecular complexity index is 1020. The highest BCUT2D eigenvalue weighted by molar-refractivity contribution is 6.46. The molecule has 1 unspecified atom stereocenters. The van der Waals surface area contributed by atoms with E-state index in [-0.39, 0.29) is 49.2 Å². The van der Waals surface area contributed by atoms with Crippen molar-refractivity contribution in [1.82, 2.24) is 4.90 Å². The van der Waals surface area contributed by atoms with Crippen molar-refractivity contribution in [3.05, 3.63) is 59.2 Å². The van der Waals surface area contributed by atoms with Gasteiger partial charge in [0.1, 0.15) is 11.5 Å². The third kappa shape index (κ3) is 4.53. The number of carbonyl (C=O) groups excluding carboxylic acids is 2. The Hall–Kier alpha value is -3.56. The van der Waals surface area contributed by atoms with Gasteiger partial charge in [0.05, 0.1) is 45.7 Å². The van der Waals surface area contributed by atoms with Gasteiger partial charge in [0, 0.05) is 12.1 Å². The number of aliphatic hydroxyl groups excluding tert-OH is 2. The molecule has 1 fully saturated rings. The number of carbonyl (C=O) groups is 2. The first kappa shape index (κ1) is 23.1. The Kier molecular flexibility index (Phi) is 7.34. The number of hydrogen-bond acceptors (Lipinski definition) is 8. The predicted octanol–water partition coefficient (Wildman–Crippen LogP) is 1.84. The van der Waals surface area contributed by atoms with E-state index in [1.54, 1.807) is 30.3 Å². The molecule has 1 heterocycles. The number of nitrogens with zero attached hydrogens (tertiary/aromatic N) is 1. The summed E-state index contributed by atoms with van der Waals surface area (Å²) in [6.07, 6.45) is 0. The third-order valence-corrected chi connectivity index (χ3v) is 5.14. The summed E-state index contributed by atoms with van der Waals surface area (Å²) in [7, 11) is 2.90. The number of Topliss-reactive ketones (excluding diaryl/α,β-unsaturated/α-hetero) is 1. The number of methoxy groups -OCH3 is 2. The average molecular weight is 443 g/mol. The minimum Gasteiger partial charge on any atom is -0.507 e. The number of likely N-dealkylation sites (tertiary alicyclic amines) is 1. The van der Waals surface area contributed by atoms with Crippen LogP contribution in [0.4, 0.5) is 0 Å². The van der Waals surface area contributed by atoms with E-state index in [1.165, 1.54) is 31.3 Å². The summed E-state index contributed by atoms with van der Waals surface area (Å²) >= 11 is 0. The van der Waals surface area contributed by atoms with Gasteiger partial charge in [0.25, 0.3) is 11.7 Å². The van der Waals surface area contributed by atoms with E-state index in [1.807, 2.05) is 0 Å². The molecule has 32 heavy (non-hydrogen) atoms. The Morgan fingerprint density at radius 2 is 1.75 bits per heavy atom. The Morgan fingerprint density at radius 3 is 2.38 bits per heavy atom. The molecule has 0 saturated carbocycles. The normalized spacial score (nSPS) is 17.6. The fourth-order valence-electron chi connectivity index (χ4n) is 3.56. The Morgan fingerprint density at radius 1 is 1.03 bits per heavy atom. The molecule has 3 rings (SSSR count). The number of phenolic OH excluding ortho intramolecular Hbond substituents is 1. The van der Waals surface area contributed by atoms with Gasteiger partial charge in [0.15, 0.2) is 11.5 Å². The summed E-state index contributed by atoms with van der Waals surface area (Å²) in [6, 6.07) is 9.96. The Balaban J connectivity index is 2.10. The predicted molar refractivity (Wildman–Crippen MR) is 115 cm³/mol. The molecular weight excluding hydrogens is 418 g/mol. The van der Waals surface area contributed by atoms with Crippen molar-refractivity contribution in [2.75, 3.05) is 40.6 Å². The van der Waals surface area contributed by atoms with Gasteiger partial charge >= 0.3 is 0 Å². The van der Waals surface area contributed by atoms with Crippen LogP contribution in [0.1, 0.15) is 17.2 Å². The molecular formula is C23H25NO8. The summed E-state index contributed by atoms with van der Waals surface area (Å²) in [5, 5.41) is 29.9. The molecule has 9 heteroatoms. The first-order chi connectivity index (χ1) is 15.4. The molecule has 1 atom stereocenters. The van der Waals surface area contributed by atoms with Gasteiger partial charge in [-0.2, -0.15) is 0 Å². The zero-order valence-electron chi connectivity index (χ0n) is 17.8. The van der Waals surface area contributed by atoms with E-state index in [0.29, 0.717) is 16.9 Å². The monoisotopic (exact) mass is 443 g/mol. The van der Waals surface area contributed by atoms with Crippen molar-refractivity contribution in [3.63, 3.8) is 0 Å². The maximum Gasteiger partial charge on any atom is 0.295 e. The smallest absolute Gasteiger partial charge is 0.295 e. The van der Waals surface area contributed by atoms with Gasteiger partial charge < -0.3 is 34.4 Å². The second kappa shape index (κ2) is 10.2. The molecule has 0 spiro atoms. The van der Waals surface area contributed by atoms with E-state index >= 15 is 0 Å². The van der Waals surface area contributed by atoms with E-state index in [0.717, 1.165) is 0 Å². The molecule has 0 aliphatic carbocycles. The highest BCUT2D eigenvalue weighted by Crippen LogP contribution is 2.41. The summed E-state index contributed by atoms with van der Waals surface area (Å²) in [5.41, 5.74) is 0.724. The number of aliphatic hydroxyl groups is 2. The van der Waals surface area contributed by atoms with E-state index in [9.17, 15) is 19.8 Å². The molecule has 2 aromatic carbocycles. The second-order valence-corrected chi connectivity index (χ2v) is 6.99. The highest BCUT2D eigenvalue weighted by atomic mass is 16.5. The minimum absolute atomic E-state index is 0.0534. The molecule has 0 radical (unpaired) electrons. The molecule has 0 aromatic heterocycles. The van der Waals surface area contributed by atoms with E-state index in [4.69, 9.17) is 19.3 Å². The molecule has 1 aliphatic heterocycles. The summed E-state index contributed by atoms with van der Waals surface area (Å²) in [5.74, 6) is -1.32. The fourth-order valence-corrected chi connectivity index (χ4v) is 3.56. The first-order valence-electron chi connectivity index (χ1n) is 9.91. The van der Waals surface area contributed by atoms with Crippen molar-refractivity contribution in [3.8, 4) is 17.2 Å². The lowest BCUT2D eigenvalue weighted by Gasteiger charge is -2.25. The molecule has 1 aliphatic rings. The maximum absolute atomic E-state index is 13.0. The third-order valence-electron chi connectivity index (χ3n) is 5.14. The number of benzene rings is 2. The van der Waals surface area contributed by atoms with Crippen molar-refractivity contribution < 1.29 is 39.1 Å². The number of ketones is 1. The first-order valence-corrected chi connectivity index (χ1v) is 9.91. The van der Waals surface area contributed by atoms with Crippen molar-refractivity contribution >= 4 is 17.4 Å². The minimum atomic E-state index is -0.927. The lowest BCUT2D eigenvalue weighted by atomic mass is 9.95. The van der Waals surface area contributed by atoms with Crippen LogP contribution in [0.5, 0.6) is 17.2 Å². The molecule has 3 N–H and O–H groups in total. The van der Waals surface area contributed by atoms with Crippen molar-refractivity contribution in [2.45, 2.75) is 6.04 Å². The van der Waals surface area contributed by atoms with Gasteiger partial charge in [-0.3, -0.25) is 9.59 Å². The van der Waals surface area contributed by atoms with Gasteiger partial charge in [-0.15, -0.1) is 0 Å². The number of rotatable bonds is 9. The number of phenols is 1. The lowest BCUT2D eigenvalue weighted by Crippen LogP contribution is -2.33. The van der Waals surface area contributed by atoms with Gasteiger partial charge in [-0.25, -0.2) is 0 Å². The fraction of sp³-hybridized carbons (Fsp3) is 0.304. The zero-order chi connectivity index (χ0) is 23.3. The van der Waals surface area contributed by atoms with Crippen LogP contribution in [0, 0.1) is 0 Å². The number of aromatic hydroxyl groups is 1. The van der Waals surface area contributed by atoms with Gasteiger partial charge in [-0.1, -0.05) is 6.07 Å². The number of amides is 1. The quantitative estimate of drug-likeness (QED) is 0.232. The standard InChI is InChI=1S/C23H25NO8/c1-30-16-6-3-14(4-7-16)21(27)19-20(15-5-8-17(26)18(13-15)31-2)24(23(29)22(19)28)9-11-32-12-10-25/h3-8,13,20,25-27H,9-12H2,1-2H3. The molecule has 2 aromatic rings. The molecule has 170 valence electrons. The van der Waals surface area contributed by atoms with Crippen LogP contribution in [0.25, 0.3) is 5.76 Å². The summed E-state index contributed by atoms with van der Waals surface area (Å²) in [6.45, 7) is 0.0576. The van der Waals surface area contributed by atoms with E-state index in [2.05, 4.69) is 0 Å². The van der Waals surface area contributed by atoms with Gasteiger partial charge in [0.2, 0.25) is 0 Å². The number of hydrogen-bond donors (Lipinski definition) is 3.